The second kappa shape index (κ2) is 5.29. The van der Waals surface area contributed by atoms with Crippen LogP contribution in [0.3, 0.4) is 0 Å². The molecule has 0 aliphatic heterocycles. The summed E-state index contributed by atoms with van der Waals surface area (Å²) < 4.78 is 0. The third kappa shape index (κ3) is 2.12. The van der Waals surface area contributed by atoms with Crippen LogP contribution in [0.2, 0.25) is 0 Å². The van der Waals surface area contributed by atoms with Crippen LogP contribution in [0.5, 0.6) is 5.75 Å². The summed E-state index contributed by atoms with van der Waals surface area (Å²) in [5, 5.41) is 13.1. The number of rotatable bonds is 1. The fraction of sp³-hybridized carbons (Fsp3) is 0.526. The van der Waals surface area contributed by atoms with Crippen molar-refractivity contribution in [2.24, 2.45) is 23.7 Å². The van der Waals surface area contributed by atoms with E-state index in [9.17, 15) is 5.11 Å². The van der Waals surface area contributed by atoms with E-state index in [2.05, 4.69) is 17.1 Å². The van der Waals surface area contributed by atoms with Crippen LogP contribution < -0.4 is 29.0 Å². The molecule has 1 aromatic heterocycles. The van der Waals surface area contributed by atoms with Gasteiger partial charge in [0.1, 0.15) is 0 Å². The standard InChI is InChI=1S/C19H21NO.Li/c21-17-3-1-2-13-4-5-16(20-19(13)17)18-14-7-11-6-12(9-14)10-15(18)8-11;/h1-5,11-12,14-15,18,21H,6-10H2;/q;+1. The van der Waals surface area contributed by atoms with Crippen molar-refractivity contribution in [3.05, 3.63) is 36.0 Å². The number of aromatic amines is 1. The van der Waals surface area contributed by atoms with E-state index in [0.717, 1.165) is 34.6 Å². The molecule has 6 rings (SSSR count). The summed E-state index contributed by atoms with van der Waals surface area (Å²) >= 11 is 0. The van der Waals surface area contributed by atoms with Gasteiger partial charge in [0.15, 0.2) is 5.69 Å². The first-order chi connectivity index (χ1) is 10.3. The van der Waals surface area contributed by atoms with E-state index in [1.54, 1.807) is 6.07 Å². The van der Waals surface area contributed by atoms with Gasteiger partial charge in [0.2, 0.25) is 5.52 Å². The van der Waals surface area contributed by atoms with E-state index in [-0.39, 0.29) is 24.6 Å². The summed E-state index contributed by atoms with van der Waals surface area (Å²) in [6.07, 6.45) is 7.17. The summed E-state index contributed by atoms with van der Waals surface area (Å²) in [4.78, 5) is 3.51. The van der Waals surface area contributed by atoms with Gasteiger partial charge in [-0.2, -0.15) is 0 Å². The Labute approximate surface area is 143 Å². The van der Waals surface area contributed by atoms with Gasteiger partial charge in [0.25, 0.3) is 0 Å². The maximum Gasteiger partial charge on any atom is 1.00 e. The summed E-state index contributed by atoms with van der Waals surface area (Å²) in [6.45, 7) is 0. The van der Waals surface area contributed by atoms with Crippen molar-refractivity contribution in [2.45, 2.75) is 38.0 Å². The Morgan fingerprint density at radius 3 is 2.23 bits per heavy atom. The molecule has 108 valence electrons. The third-order valence-corrected chi connectivity index (χ3v) is 6.36. The molecule has 0 atom stereocenters. The molecule has 4 saturated carbocycles. The van der Waals surface area contributed by atoms with E-state index in [1.807, 2.05) is 12.1 Å². The molecule has 2 nitrogen and oxygen atoms in total. The third-order valence-electron chi connectivity index (χ3n) is 6.36. The van der Waals surface area contributed by atoms with Gasteiger partial charge in [-0.15, -0.1) is 0 Å². The molecule has 22 heavy (non-hydrogen) atoms. The van der Waals surface area contributed by atoms with Gasteiger partial charge in [-0.1, -0.05) is 12.1 Å². The van der Waals surface area contributed by atoms with Crippen LogP contribution >= 0.6 is 0 Å². The van der Waals surface area contributed by atoms with Crippen molar-refractivity contribution in [1.82, 2.24) is 0 Å². The van der Waals surface area contributed by atoms with Gasteiger partial charge in [0.05, 0.1) is 0 Å². The van der Waals surface area contributed by atoms with Crippen LogP contribution in [0.15, 0.2) is 30.3 Å². The van der Waals surface area contributed by atoms with E-state index < -0.39 is 0 Å². The van der Waals surface area contributed by atoms with Gasteiger partial charge in [0, 0.05) is 17.4 Å². The van der Waals surface area contributed by atoms with Crippen LogP contribution in [0.25, 0.3) is 10.9 Å². The van der Waals surface area contributed by atoms with Crippen LogP contribution in [0, 0.1) is 23.7 Å². The molecule has 1 heterocycles. The van der Waals surface area contributed by atoms with E-state index in [0.29, 0.717) is 5.92 Å². The number of fused-ring (bicyclic) bond motifs is 1. The number of hydrogen-bond acceptors (Lipinski definition) is 1. The fourth-order valence-electron chi connectivity index (χ4n) is 5.81. The first-order valence-electron chi connectivity index (χ1n) is 8.40. The maximum atomic E-state index is 12.1. The summed E-state index contributed by atoms with van der Waals surface area (Å²) in [6, 6.07) is 9.91. The average Bonchev–Trinajstić information content (AvgIpc) is 2.47. The van der Waals surface area contributed by atoms with Crippen molar-refractivity contribution < 1.29 is 29.0 Å². The molecule has 3 heteroatoms. The molecule has 4 aliphatic rings. The van der Waals surface area contributed by atoms with Gasteiger partial charge in [-0.25, -0.2) is 4.98 Å². The maximum absolute atomic E-state index is 12.1. The molecular weight excluding hydrogens is 265 g/mol. The first-order valence-corrected chi connectivity index (χ1v) is 8.40. The number of H-pyrrole nitrogens is 1. The second-order valence-electron chi connectivity index (χ2n) is 7.59. The minimum absolute atomic E-state index is 0. The van der Waals surface area contributed by atoms with Gasteiger partial charge >= 0.3 is 18.9 Å². The number of aromatic nitrogens is 1. The molecule has 0 spiro atoms. The van der Waals surface area contributed by atoms with Gasteiger partial charge < -0.3 is 5.11 Å². The Balaban J connectivity index is 0.00000125. The Bertz CT molecular complexity index is 686. The quantitative estimate of drug-likeness (QED) is 0.693. The number of para-hydroxylation sites is 1. The predicted octanol–water partition coefficient (Wildman–Crippen LogP) is 0.271. The molecule has 1 N–H and O–H groups in total. The van der Waals surface area contributed by atoms with Crippen molar-refractivity contribution >= 4 is 10.9 Å². The fourth-order valence-corrected chi connectivity index (χ4v) is 5.81. The molecule has 4 aliphatic carbocycles. The molecule has 4 fully saturated rings. The summed E-state index contributed by atoms with van der Waals surface area (Å²) in [5.74, 6) is 4.50. The number of pyridine rings is 1. The Morgan fingerprint density at radius 1 is 0.864 bits per heavy atom. The Morgan fingerprint density at radius 2 is 1.55 bits per heavy atom. The average molecular weight is 286 g/mol. The van der Waals surface area contributed by atoms with Crippen molar-refractivity contribution in [2.75, 3.05) is 0 Å². The molecular formula is C19H21LiNO+. The Hall–Kier alpha value is -0.973. The zero-order chi connectivity index (χ0) is 14.0. The monoisotopic (exact) mass is 286 g/mol. The summed E-state index contributed by atoms with van der Waals surface area (Å²) in [7, 11) is 0. The molecule has 0 amide bonds. The summed E-state index contributed by atoms with van der Waals surface area (Å²) in [5.41, 5.74) is 2.11. The largest absolute Gasteiger partial charge is 1.00 e. The first kappa shape index (κ1) is 14.6. The minimum atomic E-state index is 0. The van der Waals surface area contributed by atoms with E-state index >= 15 is 0 Å². The number of nitrogens with one attached hydrogen (secondary N) is 1. The molecule has 4 bridgehead atoms. The SMILES string of the molecule is [Li+].[O-]c1cccc2ccc(C3C4CC5CC(C4)CC3C5)[nH+]c12. The zero-order valence-corrected chi connectivity index (χ0v) is 13.2. The molecule has 2 aromatic rings. The molecule has 1 aromatic carbocycles. The van der Waals surface area contributed by atoms with Crippen LogP contribution in [0.4, 0.5) is 0 Å². The van der Waals surface area contributed by atoms with Gasteiger partial charge in [-0.3, -0.25) is 0 Å². The number of hydrogen-bond donors (Lipinski definition) is 0. The van der Waals surface area contributed by atoms with Crippen LogP contribution in [-0.4, -0.2) is 0 Å². The minimum Gasteiger partial charge on any atom is -0.868 e. The molecule has 0 radical (unpaired) electrons. The topological polar surface area (TPSA) is 37.2 Å². The zero-order valence-electron chi connectivity index (χ0n) is 13.2. The predicted molar refractivity (Wildman–Crippen MR) is 79.7 cm³/mol. The van der Waals surface area contributed by atoms with E-state index in [4.69, 9.17) is 0 Å². The normalized spacial score (nSPS) is 35.5. The van der Waals surface area contributed by atoms with E-state index in [1.165, 1.54) is 37.8 Å². The Kier molecular flexibility index (Phi) is 3.51. The van der Waals surface area contributed by atoms with Crippen molar-refractivity contribution in [1.29, 1.82) is 0 Å². The smallest absolute Gasteiger partial charge is 0.868 e. The molecule has 0 unspecified atom stereocenters. The second-order valence-corrected chi connectivity index (χ2v) is 7.59. The van der Waals surface area contributed by atoms with Crippen molar-refractivity contribution in [3.8, 4) is 5.75 Å². The van der Waals surface area contributed by atoms with Gasteiger partial charge in [-0.05, 0) is 73.7 Å². The van der Waals surface area contributed by atoms with Crippen LogP contribution in [-0.2, 0) is 0 Å². The number of benzene rings is 1. The van der Waals surface area contributed by atoms with Crippen molar-refractivity contribution in [3.63, 3.8) is 0 Å². The molecule has 0 saturated heterocycles. The van der Waals surface area contributed by atoms with Crippen LogP contribution in [0.1, 0.15) is 43.7 Å².